The molecule has 0 aliphatic heterocycles. The standard InChI is InChI=1S/C21H26ClNO2/c1-15(25-19-12-10-18(22)11-13-19)20(24)23(5)14-16-6-8-17(9-7-16)21(2,3)4/h6-13,15H,14H2,1-5H3/t15-/m0/s1. The number of carbonyl (C=O) groups excluding carboxylic acids is 1. The minimum Gasteiger partial charge on any atom is -0.481 e. The van der Waals surface area contributed by atoms with Gasteiger partial charge in [-0.1, -0.05) is 56.6 Å². The number of carbonyl (C=O) groups is 1. The fraction of sp³-hybridized carbons (Fsp3) is 0.381. The van der Waals surface area contributed by atoms with Crippen molar-refractivity contribution in [1.82, 2.24) is 4.90 Å². The molecule has 4 heteroatoms. The predicted molar refractivity (Wildman–Crippen MR) is 103 cm³/mol. The van der Waals surface area contributed by atoms with Crippen LogP contribution >= 0.6 is 11.6 Å². The van der Waals surface area contributed by atoms with Crippen LogP contribution in [0.1, 0.15) is 38.8 Å². The Hall–Kier alpha value is -2.00. The van der Waals surface area contributed by atoms with Crippen molar-refractivity contribution in [3.63, 3.8) is 0 Å². The van der Waals surface area contributed by atoms with Gasteiger partial charge in [0.15, 0.2) is 6.10 Å². The maximum Gasteiger partial charge on any atom is 0.263 e. The Morgan fingerprint density at radius 1 is 1.08 bits per heavy atom. The van der Waals surface area contributed by atoms with Gasteiger partial charge in [0.1, 0.15) is 5.75 Å². The Kier molecular flexibility index (Phi) is 6.12. The molecule has 2 aromatic rings. The second-order valence-corrected chi connectivity index (χ2v) is 7.79. The highest BCUT2D eigenvalue weighted by Crippen LogP contribution is 2.22. The van der Waals surface area contributed by atoms with Gasteiger partial charge in [-0.3, -0.25) is 4.79 Å². The van der Waals surface area contributed by atoms with Crippen LogP contribution in [0.3, 0.4) is 0 Å². The third kappa shape index (κ3) is 5.50. The van der Waals surface area contributed by atoms with E-state index in [2.05, 4.69) is 45.0 Å². The molecule has 1 amide bonds. The summed E-state index contributed by atoms with van der Waals surface area (Å²) in [5.74, 6) is 0.572. The fourth-order valence-electron chi connectivity index (χ4n) is 2.54. The first-order chi connectivity index (χ1) is 11.7. The number of rotatable bonds is 5. The van der Waals surface area contributed by atoms with Crippen LogP contribution in [0.2, 0.25) is 5.02 Å². The molecule has 0 aromatic heterocycles. The highest BCUT2D eigenvalue weighted by atomic mass is 35.5. The molecule has 0 unspecified atom stereocenters. The molecule has 0 heterocycles. The first-order valence-corrected chi connectivity index (χ1v) is 8.81. The number of likely N-dealkylation sites (N-methyl/N-ethyl adjacent to an activating group) is 1. The number of hydrogen-bond donors (Lipinski definition) is 0. The van der Waals surface area contributed by atoms with Gasteiger partial charge < -0.3 is 9.64 Å². The topological polar surface area (TPSA) is 29.5 Å². The van der Waals surface area contributed by atoms with Gasteiger partial charge in [-0.25, -0.2) is 0 Å². The molecule has 0 saturated carbocycles. The molecular formula is C21H26ClNO2. The average molecular weight is 360 g/mol. The molecule has 3 nitrogen and oxygen atoms in total. The zero-order chi connectivity index (χ0) is 18.6. The predicted octanol–water partition coefficient (Wildman–Crippen LogP) is 5.06. The van der Waals surface area contributed by atoms with Crippen molar-refractivity contribution in [3.05, 3.63) is 64.7 Å². The summed E-state index contributed by atoms with van der Waals surface area (Å²) in [6.07, 6.45) is -0.556. The van der Waals surface area contributed by atoms with E-state index in [1.165, 1.54) is 5.56 Å². The van der Waals surface area contributed by atoms with Gasteiger partial charge in [0.2, 0.25) is 0 Å². The Balaban J connectivity index is 1.96. The first kappa shape index (κ1) is 19.3. The van der Waals surface area contributed by atoms with E-state index < -0.39 is 6.10 Å². The van der Waals surface area contributed by atoms with Crippen LogP contribution in [-0.4, -0.2) is 24.0 Å². The van der Waals surface area contributed by atoms with Gasteiger partial charge in [-0.15, -0.1) is 0 Å². The van der Waals surface area contributed by atoms with Crippen molar-refractivity contribution in [2.24, 2.45) is 0 Å². The summed E-state index contributed by atoms with van der Waals surface area (Å²) in [6.45, 7) is 8.88. The second-order valence-electron chi connectivity index (χ2n) is 7.36. The smallest absolute Gasteiger partial charge is 0.263 e. The Labute approximate surface area is 155 Å². The lowest BCUT2D eigenvalue weighted by Gasteiger charge is -2.23. The quantitative estimate of drug-likeness (QED) is 0.746. The van der Waals surface area contributed by atoms with Gasteiger partial charge >= 0.3 is 0 Å². The fourth-order valence-corrected chi connectivity index (χ4v) is 2.67. The summed E-state index contributed by atoms with van der Waals surface area (Å²) in [6, 6.07) is 15.4. The number of halogens is 1. The van der Waals surface area contributed by atoms with Gasteiger partial charge in [-0.2, -0.15) is 0 Å². The number of amides is 1. The molecule has 1 atom stereocenters. The van der Waals surface area contributed by atoms with Crippen molar-refractivity contribution < 1.29 is 9.53 Å². The van der Waals surface area contributed by atoms with Crippen LogP contribution in [-0.2, 0) is 16.8 Å². The number of nitrogens with zero attached hydrogens (tertiary/aromatic N) is 1. The third-order valence-corrected chi connectivity index (χ3v) is 4.34. The van der Waals surface area contributed by atoms with Gasteiger partial charge in [0, 0.05) is 18.6 Å². The maximum atomic E-state index is 12.5. The minimum absolute atomic E-state index is 0.0603. The Morgan fingerprint density at radius 3 is 2.16 bits per heavy atom. The van der Waals surface area contributed by atoms with E-state index in [-0.39, 0.29) is 11.3 Å². The third-order valence-electron chi connectivity index (χ3n) is 4.09. The van der Waals surface area contributed by atoms with Gasteiger partial charge in [-0.05, 0) is 47.7 Å². The Bertz CT molecular complexity index is 702. The van der Waals surface area contributed by atoms with Crippen LogP contribution in [0, 0.1) is 0 Å². The molecule has 0 aliphatic rings. The molecule has 2 rings (SSSR count). The highest BCUT2D eigenvalue weighted by Gasteiger charge is 2.20. The molecule has 25 heavy (non-hydrogen) atoms. The van der Waals surface area contributed by atoms with Gasteiger partial charge in [0.25, 0.3) is 5.91 Å². The molecule has 2 aromatic carbocycles. The second kappa shape index (κ2) is 7.92. The first-order valence-electron chi connectivity index (χ1n) is 8.43. The van der Waals surface area contributed by atoms with E-state index in [0.29, 0.717) is 17.3 Å². The van der Waals surface area contributed by atoms with E-state index in [0.717, 1.165) is 5.56 Å². The maximum absolute atomic E-state index is 12.5. The summed E-state index contributed by atoms with van der Waals surface area (Å²) in [4.78, 5) is 14.2. The van der Waals surface area contributed by atoms with E-state index in [4.69, 9.17) is 16.3 Å². The van der Waals surface area contributed by atoms with Crippen LogP contribution in [0.4, 0.5) is 0 Å². The lowest BCUT2D eigenvalue weighted by atomic mass is 9.87. The molecule has 0 fully saturated rings. The number of hydrogen-bond acceptors (Lipinski definition) is 2. The molecular weight excluding hydrogens is 334 g/mol. The van der Waals surface area contributed by atoms with Crippen LogP contribution in [0.5, 0.6) is 5.75 Å². The molecule has 0 radical (unpaired) electrons. The summed E-state index contributed by atoms with van der Waals surface area (Å²) in [5, 5.41) is 0.641. The molecule has 0 spiro atoms. The van der Waals surface area contributed by atoms with E-state index in [1.807, 2.05) is 0 Å². The molecule has 0 bridgehead atoms. The minimum atomic E-state index is -0.556. The SMILES string of the molecule is C[C@H](Oc1ccc(Cl)cc1)C(=O)N(C)Cc1ccc(C(C)(C)C)cc1. The van der Waals surface area contributed by atoms with Gasteiger partial charge in [0.05, 0.1) is 0 Å². The average Bonchev–Trinajstić information content (AvgIpc) is 2.55. The normalized spacial score (nSPS) is 12.6. The zero-order valence-electron chi connectivity index (χ0n) is 15.5. The lowest BCUT2D eigenvalue weighted by molar-refractivity contribution is -0.137. The molecule has 0 saturated heterocycles. The van der Waals surface area contributed by atoms with Crippen LogP contribution < -0.4 is 4.74 Å². The molecule has 134 valence electrons. The van der Waals surface area contributed by atoms with E-state index in [1.54, 1.807) is 43.1 Å². The van der Waals surface area contributed by atoms with E-state index in [9.17, 15) is 4.79 Å². The Morgan fingerprint density at radius 2 is 1.64 bits per heavy atom. The van der Waals surface area contributed by atoms with Crippen molar-refractivity contribution >= 4 is 17.5 Å². The zero-order valence-corrected chi connectivity index (χ0v) is 16.3. The monoisotopic (exact) mass is 359 g/mol. The van der Waals surface area contributed by atoms with Crippen molar-refractivity contribution in [3.8, 4) is 5.75 Å². The highest BCUT2D eigenvalue weighted by molar-refractivity contribution is 6.30. The van der Waals surface area contributed by atoms with Crippen LogP contribution in [0.25, 0.3) is 0 Å². The van der Waals surface area contributed by atoms with Crippen molar-refractivity contribution in [2.45, 2.75) is 45.8 Å². The number of benzene rings is 2. The summed E-state index contributed by atoms with van der Waals surface area (Å²) >= 11 is 5.86. The van der Waals surface area contributed by atoms with E-state index >= 15 is 0 Å². The summed E-state index contributed by atoms with van der Waals surface area (Å²) in [5.41, 5.74) is 2.51. The summed E-state index contributed by atoms with van der Waals surface area (Å²) < 4.78 is 5.70. The largest absolute Gasteiger partial charge is 0.481 e. The lowest BCUT2D eigenvalue weighted by Crippen LogP contribution is -2.37. The molecule has 0 N–H and O–H groups in total. The van der Waals surface area contributed by atoms with Crippen molar-refractivity contribution in [2.75, 3.05) is 7.05 Å². The summed E-state index contributed by atoms with van der Waals surface area (Å²) in [7, 11) is 1.79. The van der Waals surface area contributed by atoms with Crippen molar-refractivity contribution in [1.29, 1.82) is 0 Å². The molecule has 0 aliphatic carbocycles. The number of ether oxygens (including phenoxy) is 1. The van der Waals surface area contributed by atoms with Crippen LogP contribution in [0.15, 0.2) is 48.5 Å².